The van der Waals surface area contributed by atoms with Gasteiger partial charge in [-0.25, -0.2) is 4.98 Å². The molecule has 2 aromatic heterocycles. The maximum Gasteiger partial charge on any atom is 0.255 e. The number of hydrogen-bond acceptors (Lipinski definition) is 4. The zero-order valence-corrected chi connectivity index (χ0v) is 11.3. The Morgan fingerprint density at radius 1 is 1.16 bits per heavy atom. The first-order chi connectivity index (χ1) is 9.09. The van der Waals surface area contributed by atoms with E-state index in [0.29, 0.717) is 32.6 Å². The topological polar surface area (TPSA) is 63.3 Å². The molecule has 0 fully saturated rings. The average molecular weight is 295 g/mol. The Bertz CT molecular complexity index is 764. The lowest BCUT2D eigenvalue weighted by atomic mass is 10.1. The van der Waals surface area contributed by atoms with Crippen LogP contribution in [0.4, 0.5) is 0 Å². The molecule has 0 amide bonds. The molecule has 0 aliphatic carbocycles. The molecule has 7 heteroatoms. The van der Waals surface area contributed by atoms with Crippen LogP contribution in [0.25, 0.3) is 16.9 Å². The minimum atomic E-state index is -0.0880. The Balaban J connectivity index is 2.42. The Labute approximate surface area is 118 Å². The summed E-state index contributed by atoms with van der Waals surface area (Å²) in [7, 11) is 0. The van der Waals surface area contributed by atoms with Gasteiger partial charge in [0.25, 0.3) is 5.78 Å². The molecule has 2 heterocycles. The second-order valence-corrected chi connectivity index (χ2v) is 4.78. The molecule has 1 N–H and O–H groups in total. The van der Waals surface area contributed by atoms with Crippen LogP contribution < -0.4 is 0 Å². The minimum Gasteiger partial charge on any atom is -0.493 e. The lowest BCUT2D eigenvalue weighted by molar-refractivity contribution is 0.437. The van der Waals surface area contributed by atoms with E-state index in [9.17, 15) is 5.11 Å². The molecule has 3 aromatic rings. The van der Waals surface area contributed by atoms with Crippen LogP contribution in [-0.4, -0.2) is 24.7 Å². The van der Waals surface area contributed by atoms with Crippen molar-refractivity contribution in [3.8, 4) is 17.0 Å². The normalized spacial score (nSPS) is 11.1. The molecule has 0 saturated carbocycles. The highest BCUT2D eigenvalue weighted by molar-refractivity contribution is 6.39. The molecule has 5 nitrogen and oxygen atoms in total. The maximum absolute atomic E-state index is 10.3. The van der Waals surface area contributed by atoms with E-state index in [1.807, 2.05) is 0 Å². The Morgan fingerprint density at radius 3 is 2.53 bits per heavy atom. The summed E-state index contributed by atoms with van der Waals surface area (Å²) in [5, 5.41) is 15.1. The molecular formula is C12H8Cl2N4O. The predicted molar refractivity (Wildman–Crippen MR) is 72.6 cm³/mol. The van der Waals surface area contributed by atoms with Crippen molar-refractivity contribution >= 4 is 29.0 Å². The summed E-state index contributed by atoms with van der Waals surface area (Å²) >= 11 is 12.3. The number of halogens is 2. The summed E-state index contributed by atoms with van der Waals surface area (Å²) < 4.78 is 1.24. The molecule has 0 bridgehead atoms. The van der Waals surface area contributed by atoms with Gasteiger partial charge in [0.1, 0.15) is 6.33 Å². The van der Waals surface area contributed by atoms with Crippen LogP contribution in [0.5, 0.6) is 5.88 Å². The minimum absolute atomic E-state index is 0.0880. The van der Waals surface area contributed by atoms with E-state index in [0.717, 1.165) is 0 Å². The summed E-state index contributed by atoms with van der Waals surface area (Å²) in [5.41, 5.74) is 1.56. The lowest BCUT2D eigenvalue weighted by Crippen LogP contribution is -1.99. The van der Waals surface area contributed by atoms with Crippen LogP contribution in [0.2, 0.25) is 10.0 Å². The van der Waals surface area contributed by atoms with Gasteiger partial charge in [0.2, 0.25) is 5.88 Å². The number of rotatable bonds is 1. The molecule has 0 atom stereocenters. The second-order valence-electron chi connectivity index (χ2n) is 3.96. The fraction of sp³-hybridized carbons (Fsp3) is 0.0833. The highest BCUT2D eigenvalue weighted by Crippen LogP contribution is 2.40. The summed E-state index contributed by atoms with van der Waals surface area (Å²) in [5.74, 6) is 0.233. The first-order valence-corrected chi connectivity index (χ1v) is 6.19. The summed E-state index contributed by atoms with van der Waals surface area (Å²) in [6.07, 6.45) is 1.32. The van der Waals surface area contributed by atoms with Crippen LogP contribution in [-0.2, 0) is 0 Å². The third kappa shape index (κ3) is 1.82. The largest absolute Gasteiger partial charge is 0.493 e. The van der Waals surface area contributed by atoms with Crippen LogP contribution in [0.1, 0.15) is 5.69 Å². The van der Waals surface area contributed by atoms with Crippen LogP contribution in [0.15, 0.2) is 24.5 Å². The molecule has 96 valence electrons. The van der Waals surface area contributed by atoms with Gasteiger partial charge in [0.05, 0.1) is 21.3 Å². The van der Waals surface area contributed by atoms with Crippen LogP contribution in [0.3, 0.4) is 0 Å². The summed E-state index contributed by atoms with van der Waals surface area (Å²) in [6, 6.07) is 5.14. The lowest BCUT2D eigenvalue weighted by Gasteiger charge is -2.11. The van der Waals surface area contributed by atoms with Crippen molar-refractivity contribution in [2.24, 2.45) is 0 Å². The van der Waals surface area contributed by atoms with Gasteiger partial charge in [0, 0.05) is 5.56 Å². The van der Waals surface area contributed by atoms with E-state index >= 15 is 0 Å². The Morgan fingerprint density at radius 2 is 1.84 bits per heavy atom. The van der Waals surface area contributed by atoms with Gasteiger partial charge in [-0.3, -0.25) is 0 Å². The molecule has 3 rings (SSSR count). The van der Waals surface area contributed by atoms with Gasteiger partial charge in [-0.05, 0) is 19.1 Å². The smallest absolute Gasteiger partial charge is 0.255 e. The van der Waals surface area contributed by atoms with Crippen molar-refractivity contribution in [2.75, 3.05) is 0 Å². The van der Waals surface area contributed by atoms with Crippen molar-refractivity contribution in [1.29, 1.82) is 0 Å². The zero-order chi connectivity index (χ0) is 13.6. The second kappa shape index (κ2) is 4.36. The highest BCUT2D eigenvalue weighted by atomic mass is 35.5. The number of fused-ring (bicyclic) bond motifs is 1. The van der Waals surface area contributed by atoms with Crippen molar-refractivity contribution in [1.82, 2.24) is 19.6 Å². The quantitative estimate of drug-likeness (QED) is 0.749. The van der Waals surface area contributed by atoms with Crippen LogP contribution in [0, 0.1) is 6.92 Å². The maximum atomic E-state index is 10.3. The molecule has 1 aromatic carbocycles. The summed E-state index contributed by atoms with van der Waals surface area (Å²) in [4.78, 5) is 8.20. The van der Waals surface area contributed by atoms with Crippen molar-refractivity contribution in [2.45, 2.75) is 6.92 Å². The average Bonchev–Trinajstić information content (AvgIpc) is 2.81. The molecule has 0 aliphatic rings. The van der Waals surface area contributed by atoms with Crippen LogP contribution >= 0.6 is 23.2 Å². The summed E-state index contributed by atoms with van der Waals surface area (Å²) in [6.45, 7) is 1.75. The number of aromatic nitrogens is 4. The van der Waals surface area contributed by atoms with Gasteiger partial charge in [0.15, 0.2) is 0 Å². The van der Waals surface area contributed by atoms with Crippen molar-refractivity contribution < 1.29 is 5.11 Å². The van der Waals surface area contributed by atoms with E-state index in [1.165, 1.54) is 10.8 Å². The van der Waals surface area contributed by atoms with Gasteiger partial charge >= 0.3 is 0 Å². The molecule has 0 spiro atoms. The van der Waals surface area contributed by atoms with E-state index in [2.05, 4.69) is 15.1 Å². The van der Waals surface area contributed by atoms with E-state index in [-0.39, 0.29) is 5.88 Å². The Kier molecular flexibility index (Phi) is 2.80. The Hall–Kier alpha value is -1.85. The van der Waals surface area contributed by atoms with E-state index < -0.39 is 0 Å². The number of aryl methyl sites for hydroxylation is 1. The highest BCUT2D eigenvalue weighted by Gasteiger charge is 2.19. The van der Waals surface area contributed by atoms with Gasteiger partial charge in [-0.15, -0.1) is 0 Å². The van der Waals surface area contributed by atoms with Gasteiger partial charge < -0.3 is 5.11 Å². The molecule has 0 unspecified atom stereocenters. The van der Waals surface area contributed by atoms with Crippen molar-refractivity contribution in [3.05, 3.63) is 40.3 Å². The van der Waals surface area contributed by atoms with Gasteiger partial charge in [-0.2, -0.15) is 14.6 Å². The third-order valence-corrected chi connectivity index (χ3v) is 3.43. The monoisotopic (exact) mass is 294 g/mol. The van der Waals surface area contributed by atoms with Crippen molar-refractivity contribution in [3.63, 3.8) is 0 Å². The zero-order valence-electron chi connectivity index (χ0n) is 9.80. The fourth-order valence-corrected chi connectivity index (χ4v) is 2.55. The predicted octanol–water partition coefficient (Wildman–Crippen LogP) is 3.11. The first-order valence-electron chi connectivity index (χ1n) is 5.43. The number of hydrogen-bond donors (Lipinski definition) is 1. The van der Waals surface area contributed by atoms with E-state index in [4.69, 9.17) is 23.2 Å². The molecular weight excluding hydrogens is 287 g/mol. The standard InChI is InChI=1S/C12H8Cl2N4O/c1-6-9(10-7(13)3-2-4-8(10)14)11(19)18-12(17-6)15-5-16-18/h2-5,19H,1H3. The number of aromatic hydroxyl groups is 1. The molecule has 0 aliphatic heterocycles. The first kappa shape index (κ1) is 12.2. The fourth-order valence-electron chi connectivity index (χ4n) is 1.96. The molecule has 19 heavy (non-hydrogen) atoms. The number of nitrogens with zero attached hydrogens (tertiary/aromatic N) is 4. The third-order valence-electron chi connectivity index (χ3n) is 2.80. The van der Waals surface area contributed by atoms with E-state index in [1.54, 1.807) is 25.1 Å². The molecule has 0 radical (unpaired) electrons. The number of benzene rings is 1. The van der Waals surface area contributed by atoms with Gasteiger partial charge in [-0.1, -0.05) is 29.3 Å². The molecule has 0 saturated heterocycles. The SMILES string of the molecule is Cc1nc2ncnn2c(O)c1-c1c(Cl)cccc1Cl.